The summed E-state index contributed by atoms with van der Waals surface area (Å²) in [7, 11) is 0. The van der Waals surface area contributed by atoms with E-state index in [1.54, 1.807) is 12.1 Å². The minimum Gasteiger partial charge on any atom is -0.361 e. The smallest absolute Gasteiger partial charge is 0.178 e. The molecule has 4 nitrogen and oxygen atoms in total. The van der Waals surface area contributed by atoms with Crippen molar-refractivity contribution in [2.45, 2.75) is 13.0 Å². The minimum atomic E-state index is -0.852. The van der Waals surface area contributed by atoms with Crippen molar-refractivity contribution >= 4 is 23.2 Å². The number of pyridine rings is 1. The number of hydrogen-bond donors (Lipinski definition) is 3. The Morgan fingerprint density at radius 1 is 1.15 bits per heavy atom. The summed E-state index contributed by atoms with van der Waals surface area (Å²) in [5.41, 5.74) is 2.96. The van der Waals surface area contributed by atoms with Crippen LogP contribution in [0.4, 0.5) is 20.4 Å². The first-order valence-corrected chi connectivity index (χ1v) is 6.23. The molecular formula is C13H13ClF2N4. The topological polar surface area (TPSA) is 63.0 Å². The normalized spacial score (nSPS) is 12.1. The number of anilines is 2. The van der Waals surface area contributed by atoms with E-state index < -0.39 is 11.6 Å². The Labute approximate surface area is 119 Å². The molecule has 0 saturated heterocycles. The number of hydrazine groups is 1. The predicted octanol–water partition coefficient (Wildman–Crippen LogP) is 3.47. The van der Waals surface area contributed by atoms with E-state index in [2.05, 4.69) is 15.7 Å². The standard InChI is InChI=1S/C13H13ClF2N4/c1-7(8-2-4-9(14)5-3-8)18-12-10(15)6-11(16)13(19-12)20-17/h2-7H,17H2,1H3,(H2,18,19,20). The van der Waals surface area contributed by atoms with Crippen LogP contribution in [0.2, 0.25) is 5.02 Å². The van der Waals surface area contributed by atoms with E-state index >= 15 is 0 Å². The average molecular weight is 299 g/mol. The van der Waals surface area contributed by atoms with Gasteiger partial charge in [0.15, 0.2) is 23.3 Å². The Morgan fingerprint density at radius 3 is 2.35 bits per heavy atom. The summed E-state index contributed by atoms with van der Waals surface area (Å²) < 4.78 is 26.9. The van der Waals surface area contributed by atoms with Crippen LogP contribution in [0, 0.1) is 11.6 Å². The zero-order valence-corrected chi connectivity index (χ0v) is 11.4. The first-order valence-electron chi connectivity index (χ1n) is 5.86. The van der Waals surface area contributed by atoms with Crippen LogP contribution < -0.4 is 16.6 Å². The molecule has 2 aromatic rings. The molecule has 0 amide bonds. The lowest BCUT2D eigenvalue weighted by atomic mass is 10.1. The van der Waals surface area contributed by atoms with E-state index in [0.29, 0.717) is 5.02 Å². The SMILES string of the molecule is CC(Nc1nc(NN)c(F)cc1F)c1ccc(Cl)cc1. The van der Waals surface area contributed by atoms with E-state index in [4.69, 9.17) is 17.4 Å². The van der Waals surface area contributed by atoms with Gasteiger partial charge in [0.05, 0.1) is 6.04 Å². The Morgan fingerprint density at radius 2 is 1.75 bits per heavy atom. The van der Waals surface area contributed by atoms with Crippen molar-refractivity contribution in [3.63, 3.8) is 0 Å². The highest BCUT2D eigenvalue weighted by Gasteiger charge is 2.14. The maximum absolute atomic E-state index is 13.7. The van der Waals surface area contributed by atoms with E-state index in [1.807, 2.05) is 19.1 Å². The lowest BCUT2D eigenvalue weighted by Gasteiger charge is -2.16. The second kappa shape index (κ2) is 6.02. The number of aromatic nitrogens is 1. The van der Waals surface area contributed by atoms with Gasteiger partial charge >= 0.3 is 0 Å². The first-order chi connectivity index (χ1) is 9.51. The fourth-order valence-corrected chi connectivity index (χ4v) is 1.83. The molecule has 20 heavy (non-hydrogen) atoms. The molecule has 7 heteroatoms. The molecule has 0 aliphatic heterocycles. The molecule has 1 heterocycles. The number of halogens is 3. The van der Waals surface area contributed by atoms with Gasteiger partial charge in [0.25, 0.3) is 0 Å². The number of nitrogen functional groups attached to an aromatic ring is 1. The molecule has 2 rings (SSSR count). The molecule has 1 aromatic heterocycles. The van der Waals surface area contributed by atoms with Crippen LogP contribution in [0.25, 0.3) is 0 Å². The number of hydrogen-bond acceptors (Lipinski definition) is 4. The van der Waals surface area contributed by atoms with Crippen molar-refractivity contribution in [1.29, 1.82) is 0 Å². The zero-order chi connectivity index (χ0) is 14.7. The summed E-state index contributed by atoms with van der Waals surface area (Å²) in [6, 6.07) is 7.57. The lowest BCUT2D eigenvalue weighted by molar-refractivity contribution is 0.576. The van der Waals surface area contributed by atoms with Crippen molar-refractivity contribution in [2.75, 3.05) is 10.7 Å². The van der Waals surface area contributed by atoms with Crippen molar-refractivity contribution in [3.8, 4) is 0 Å². The Balaban J connectivity index is 2.23. The highest BCUT2D eigenvalue weighted by Crippen LogP contribution is 2.24. The third-order valence-electron chi connectivity index (χ3n) is 2.79. The quantitative estimate of drug-likeness (QED) is 0.597. The largest absolute Gasteiger partial charge is 0.361 e. The molecule has 0 aliphatic rings. The van der Waals surface area contributed by atoms with Crippen LogP contribution in [0.3, 0.4) is 0 Å². The number of rotatable bonds is 4. The predicted molar refractivity (Wildman–Crippen MR) is 75.5 cm³/mol. The minimum absolute atomic E-state index is 0.0817. The molecular weight excluding hydrogens is 286 g/mol. The second-order valence-electron chi connectivity index (χ2n) is 4.21. The van der Waals surface area contributed by atoms with Crippen LogP contribution in [0.15, 0.2) is 30.3 Å². The summed E-state index contributed by atoms with van der Waals surface area (Å²) in [6.45, 7) is 1.82. The molecule has 0 spiro atoms. The summed E-state index contributed by atoms with van der Waals surface area (Å²) in [5, 5.41) is 3.47. The third kappa shape index (κ3) is 3.15. The van der Waals surface area contributed by atoms with Gasteiger partial charge in [0, 0.05) is 11.1 Å². The molecule has 0 saturated carbocycles. The molecule has 1 unspecified atom stereocenters. The number of benzene rings is 1. The van der Waals surface area contributed by atoms with Gasteiger partial charge in [-0.25, -0.2) is 19.6 Å². The molecule has 0 aliphatic carbocycles. The molecule has 1 aromatic carbocycles. The summed E-state index contributed by atoms with van der Waals surface area (Å²) in [5.74, 6) is 3.16. The molecule has 1 atom stereocenters. The molecule has 0 bridgehead atoms. The van der Waals surface area contributed by atoms with E-state index in [9.17, 15) is 8.78 Å². The number of nitrogens with one attached hydrogen (secondary N) is 2. The van der Waals surface area contributed by atoms with Crippen molar-refractivity contribution in [1.82, 2.24) is 4.98 Å². The van der Waals surface area contributed by atoms with Crippen molar-refractivity contribution in [2.24, 2.45) is 5.84 Å². The molecule has 106 valence electrons. The Bertz CT molecular complexity index is 604. The van der Waals surface area contributed by atoms with Gasteiger partial charge in [-0.1, -0.05) is 23.7 Å². The van der Waals surface area contributed by atoms with Crippen LogP contribution in [0.5, 0.6) is 0 Å². The van der Waals surface area contributed by atoms with Crippen LogP contribution in [-0.4, -0.2) is 4.98 Å². The van der Waals surface area contributed by atoms with Crippen LogP contribution in [0.1, 0.15) is 18.5 Å². The van der Waals surface area contributed by atoms with Gasteiger partial charge in [-0.2, -0.15) is 0 Å². The second-order valence-corrected chi connectivity index (χ2v) is 4.65. The number of nitrogens with zero attached hydrogens (tertiary/aromatic N) is 1. The van der Waals surface area contributed by atoms with Crippen LogP contribution in [-0.2, 0) is 0 Å². The maximum Gasteiger partial charge on any atom is 0.178 e. The van der Waals surface area contributed by atoms with E-state index in [0.717, 1.165) is 11.6 Å². The van der Waals surface area contributed by atoms with Crippen molar-refractivity contribution < 1.29 is 8.78 Å². The first kappa shape index (κ1) is 14.5. The summed E-state index contributed by atoms with van der Waals surface area (Å²) >= 11 is 5.80. The fraction of sp³-hybridized carbons (Fsp3) is 0.154. The van der Waals surface area contributed by atoms with Gasteiger partial charge in [0.2, 0.25) is 0 Å². The Kier molecular flexibility index (Phi) is 4.36. The van der Waals surface area contributed by atoms with Crippen molar-refractivity contribution in [3.05, 3.63) is 52.6 Å². The van der Waals surface area contributed by atoms with Gasteiger partial charge in [-0.3, -0.25) is 0 Å². The average Bonchev–Trinajstić information content (AvgIpc) is 2.42. The highest BCUT2D eigenvalue weighted by atomic mass is 35.5. The molecule has 0 fully saturated rings. The third-order valence-corrected chi connectivity index (χ3v) is 3.04. The maximum atomic E-state index is 13.7. The molecule has 0 radical (unpaired) electrons. The summed E-state index contributed by atoms with van der Waals surface area (Å²) in [6.07, 6.45) is 0. The lowest BCUT2D eigenvalue weighted by Crippen LogP contribution is -2.14. The summed E-state index contributed by atoms with van der Waals surface area (Å²) in [4.78, 5) is 3.75. The van der Waals surface area contributed by atoms with Gasteiger partial charge in [0.1, 0.15) is 0 Å². The van der Waals surface area contributed by atoms with Gasteiger partial charge in [-0.05, 0) is 24.6 Å². The van der Waals surface area contributed by atoms with Gasteiger partial charge < -0.3 is 10.7 Å². The molecule has 4 N–H and O–H groups in total. The fourth-order valence-electron chi connectivity index (χ4n) is 1.71. The monoisotopic (exact) mass is 298 g/mol. The van der Waals surface area contributed by atoms with Crippen LogP contribution >= 0.6 is 11.6 Å². The zero-order valence-electron chi connectivity index (χ0n) is 10.6. The van der Waals surface area contributed by atoms with Gasteiger partial charge in [-0.15, -0.1) is 0 Å². The van der Waals surface area contributed by atoms with E-state index in [-0.39, 0.29) is 17.7 Å². The Hall–Kier alpha value is -1.92. The highest BCUT2D eigenvalue weighted by molar-refractivity contribution is 6.30. The number of nitrogens with two attached hydrogens (primary N) is 1. The van der Waals surface area contributed by atoms with E-state index in [1.165, 1.54) is 0 Å².